The summed E-state index contributed by atoms with van der Waals surface area (Å²) in [6, 6.07) is 3.50. The molecule has 1 aromatic rings. The molecule has 0 bridgehead atoms. The zero-order chi connectivity index (χ0) is 15.2. The molecule has 6 heteroatoms. The van der Waals surface area contributed by atoms with Crippen LogP contribution < -0.4 is 10.5 Å². The Hall–Kier alpha value is -0.430. The van der Waals surface area contributed by atoms with Gasteiger partial charge in [-0.2, -0.15) is 0 Å². The van der Waals surface area contributed by atoms with Crippen molar-refractivity contribution >= 4 is 26.0 Å². The molecular weight excluding hydrogens is 340 g/mol. The molecule has 1 rings (SSSR count). The fourth-order valence-corrected chi connectivity index (χ4v) is 3.97. The molecule has 0 aliphatic carbocycles. The van der Waals surface area contributed by atoms with E-state index in [1.54, 1.807) is 13.0 Å². The van der Waals surface area contributed by atoms with Gasteiger partial charge in [0.1, 0.15) is 0 Å². The third-order valence-corrected chi connectivity index (χ3v) is 5.61. The molecule has 3 N–H and O–H groups in total. The Bertz CT molecular complexity index is 544. The summed E-state index contributed by atoms with van der Waals surface area (Å²) in [5, 5.41) is 0. The van der Waals surface area contributed by atoms with Gasteiger partial charge < -0.3 is 5.73 Å². The van der Waals surface area contributed by atoms with Crippen molar-refractivity contribution in [2.24, 2.45) is 5.73 Å². The highest BCUT2D eigenvalue weighted by molar-refractivity contribution is 9.10. The van der Waals surface area contributed by atoms with Gasteiger partial charge in [-0.15, -0.1) is 0 Å². The number of nitrogens with one attached hydrogen (secondary N) is 1. The van der Waals surface area contributed by atoms with Gasteiger partial charge in [0.2, 0.25) is 10.0 Å². The van der Waals surface area contributed by atoms with Crippen LogP contribution in [0.2, 0.25) is 0 Å². The lowest BCUT2D eigenvalue weighted by Crippen LogP contribution is -2.25. The van der Waals surface area contributed by atoms with Crippen LogP contribution in [-0.4, -0.2) is 15.0 Å². The summed E-state index contributed by atoms with van der Waals surface area (Å²) in [5.41, 5.74) is 7.11. The maximum absolute atomic E-state index is 12.3. The van der Waals surface area contributed by atoms with Gasteiger partial charge in [0.25, 0.3) is 0 Å². The maximum Gasteiger partial charge on any atom is 0.240 e. The Labute approximate surface area is 130 Å². The van der Waals surface area contributed by atoms with E-state index in [9.17, 15) is 8.42 Å². The molecule has 0 radical (unpaired) electrons. The molecule has 0 unspecified atom stereocenters. The predicted molar refractivity (Wildman–Crippen MR) is 86.1 cm³/mol. The molecule has 0 aliphatic rings. The van der Waals surface area contributed by atoms with Crippen LogP contribution in [0.5, 0.6) is 0 Å². The second-order valence-corrected chi connectivity index (χ2v) is 7.45. The van der Waals surface area contributed by atoms with Crippen LogP contribution in [0, 0.1) is 6.92 Å². The average molecular weight is 363 g/mol. The lowest BCUT2D eigenvalue weighted by atomic mass is 10.1. The molecule has 0 aliphatic heterocycles. The fourth-order valence-electron chi connectivity index (χ4n) is 1.94. The van der Waals surface area contributed by atoms with Crippen LogP contribution in [0.3, 0.4) is 0 Å². The molecule has 4 nitrogen and oxygen atoms in total. The van der Waals surface area contributed by atoms with Gasteiger partial charge in [0.05, 0.1) is 4.90 Å². The van der Waals surface area contributed by atoms with Crippen LogP contribution in [-0.2, 0) is 16.6 Å². The average Bonchev–Trinajstić information content (AvgIpc) is 2.41. The molecule has 0 saturated heterocycles. The number of halogens is 1. The smallest absolute Gasteiger partial charge is 0.240 e. The standard InChI is InChI=1S/C14H23BrN2O2S/c1-3-4-5-6-7-17-20(18,19)14-9-12(10-16)8-13(15)11(14)2/h8-9,17H,3-7,10,16H2,1-2H3. The molecule has 114 valence electrons. The van der Waals surface area contributed by atoms with E-state index in [0.717, 1.165) is 35.7 Å². The molecule has 0 spiro atoms. The fraction of sp³-hybridized carbons (Fsp3) is 0.571. The number of unbranched alkanes of at least 4 members (excludes halogenated alkanes) is 3. The lowest BCUT2D eigenvalue weighted by molar-refractivity contribution is 0.573. The number of rotatable bonds is 8. The van der Waals surface area contributed by atoms with E-state index in [1.165, 1.54) is 0 Å². The minimum Gasteiger partial charge on any atom is -0.326 e. The highest BCUT2D eigenvalue weighted by Gasteiger charge is 2.18. The zero-order valence-electron chi connectivity index (χ0n) is 12.1. The van der Waals surface area contributed by atoms with E-state index in [-0.39, 0.29) is 0 Å². The first-order valence-electron chi connectivity index (χ1n) is 6.91. The molecule has 0 heterocycles. The molecule has 20 heavy (non-hydrogen) atoms. The van der Waals surface area contributed by atoms with Crippen LogP contribution >= 0.6 is 15.9 Å². The summed E-state index contributed by atoms with van der Waals surface area (Å²) < 4.78 is 28.1. The van der Waals surface area contributed by atoms with Crippen molar-refractivity contribution in [2.75, 3.05) is 6.54 Å². The topological polar surface area (TPSA) is 72.2 Å². The monoisotopic (exact) mass is 362 g/mol. The van der Waals surface area contributed by atoms with Gasteiger partial charge >= 0.3 is 0 Å². The quantitative estimate of drug-likeness (QED) is 0.698. The van der Waals surface area contributed by atoms with E-state index in [4.69, 9.17) is 5.73 Å². The Kier molecular flexibility index (Phi) is 7.15. The van der Waals surface area contributed by atoms with Gasteiger partial charge in [0, 0.05) is 17.6 Å². The van der Waals surface area contributed by atoms with Crippen LogP contribution in [0.25, 0.3) is 0 Å². The second-order valence-electron chi connectivity index (χ2n) is 4.86. The van der Waals surface area contributed by atoms with Crippen molar-refractivity contribution in [1.82, 2.24) is 4.72 Å². The minimum atomic E-state index is -3.47. The van der Waals surface area contributed by atoms with E-state index in [1.807, 2.05) is 6.07 Å². The van der Waals surface area contributed by atoms with Crippen molar-refractivity contribution in [3.63, 3.8) is 0 Å². The number of nitrogens with two attached hydrogens (primary N) is 1. The Morgan fingerprint density at radius 1 is 1.25 bits per heavy atom. The third-order valence-electron chi connectivity index (χ3n) is 3.20. The zero-order valence-corrected chi connectivity index (χ0v) is 14.5. The van der Waals surface area contributed by atoms with Crippen molar-refractivity contribution in [3.8, 4) is 0 Å². The van der Waals surface area contributed by atoms with Crippen molar-refractivity contribution in [2.45, 2.75) is 51.0 Å². The predicted octanol–water partition coefficient (Wildman–Crippen LogP) is 3.07. The summed E-state index contributed by atoms with van der Waals surface area (Å²) >= 11 is 3.38. The first-order chi connectivity index (χ1) is 9.42. The molecule has 0 saturated carbocycles. The van der Waals surface area contributed by atoms with Gasteiger partial charge in [0.15, 0.2) is 0 Å². The highest BCUT2D eigenvalue weighted by atomic mass is 79.9. The lowest BCUT2D eigenvalue weighted by Gasteiger charge is -2.12. The number of benzene rings is 1. The van der Waals surface area contributed by atoms with E-state index < -0.39 is 10.0 Å². The van der Waals surface area contributed by atoms with Gasteiger partial charge in [-0.1, -0.05) is 42.1 Å². The minimum absolute atomic E-state index is 0.308. The van der Waals surface area contributed by atoms with E-state index >= 15 is 0 Å². The maximum atomic E-state index is 12.3. The Morgan fingerprint density at radius 3 is 2.55 bits per heavy atom. The SMILES string of the molecule is CCCCCCNS(=O)(=O)c1cc(CN)cc(Br)c1C. The van der Waals surface area contributed by atoms with E-state index in [2.05, 4.69) is 27.6 Å². The van der Waals surface area contributed by atoms with Crippen molar-refractivity contribution in [1.29, 1.82) is 0 Å². The molecule has 0 aromatic heterocycles. The van der Waals surface area contributed by atoms with E-state index in [0.29, 0.717) is 23.5 Å². The number of sulfonamides is 1. The van der Waals surface area contributed by atoms with Gasteiger partial charge in [-0.25, -0.2) is 13.1 Å². The largest absolute Gasteiger partial charge is 0.326 e. The van der Waals surface area contributed by atoms with Crippen LogP contribution in [0.4, 0.5) is 0 Å². The van der Waals surface area contributed by atoms with Crippen molar-refractivity contribution < 1.29 is 8.42 Å². The summed E-state index contributed by atoms with van der Waals surface area (Å²) in [4.78, 5) is 0.308. The second kappa shape index (κ2) is 8.12. The first-order valence-corrected chi connectivity index (χ1v) is 9.18. The summed E-state index contributed by atoms with van der Waals surface area (Å²) in [5.74, 6) is 0. The molecule has 0 fully saturated rings. The number of hydrogen-bond donors (Lipinski definition) is 2. The molecule has 0 atom stereocenters. The van der Waals surface area contributed by atoms with Gasteiger partial charge in [-0.05, 0) is 36.6 Å². The van der Waals surface area contributed by atoms with Crippen LogP contribution in [0.1, 0.15) is 43.7 Å². The highest BCUT2D eigenvalue weighted by Crippen LogP contribution is 2.25. The number of hydrogen-bond acceptors (Lipinski definition) is 3. The molecular formula is C14H23BrN2O2S. The molecule has 1 aromatic carbocycles. The van der Waals surface area contributed by atoms with Crippen molar-refractivity contribution in [3.05, 3.63) is 27.7 Å². The first kappa shape index (κ1) is 17.6. The van der Waals surface area contributed by atoms with Crippen LogP contribution in [0.15, 0.2) is 21.5 Å². The summed E-state index contributed by atoms with van der Waals surface area (Å²) in [7, 11) is -3.47. The normalized spacial score (nSPS) is 11.8. The Balaban J connectivity index is 2.84. The molecule has 0 amide bonds. The summed E-state index contributed by atoms with van der Waals surface area (Å²) in [6.45, 7) is 4.71. The third kappa shape index (κ3) is 4.84. The summed E-state index contributed by atoms with van der Waals surface area (Å²) in [6.07, 6.45) is 4.18. The Morgan fingerprint density at radius 2 is 1.95 bits per heavy atom. The van der Waals surface area contributed by atoms with Gasteiger partial charge in [-0.3, -0.25) is 0 Å².